The van der Waals surface area contributed by atoms with Crippen molar-refractivity contribution in [1.29, 1.82) is 10.5 Å². The van der Waals surface area contributed by atoms with Crippen LogP contribution in [0.5, 0.6) is 0 Å². The van der Waals surface area contributed by atoms with Gasteiger partial charge in [-0.15, -0.1) is 11.3 Å². The van der Waals surface area contributed by atoms with Crippen molar-refractivity contribution in [2.45, 2.75) is 0 Å². The van der Waals surface area contributed by atoms with Crippen LogP contribution in [0.3, 0.4) is 0 Å². The number of benzene rings is 7. The van der Waals surface area contributed by atoms with Crippen molar-refractivity contribution in [3.8, 4) is 23.5 Å². The zero-order valence-corrected chi connectivity index (χ0v) is 27.1. The molecule has 11 aromatic rings. The molecule has 4 heterocycles. The van der Waals surface area contributed by atoms with Crippen LogP contribution in [0.25, 0.3) is 97.1 Å². The summed E-state index contributed by atoms with van der Waals surface area (Å²) in [6.07, 6.45) is 0. The molecule has 4 aromatic heterocycles. The average Bonchev–Trinajstić information content (AvgIpc) is 3.91. The number of hydrogen-bond donors (Lipinski definition) is 0. The smallest absolute Gasteiger partial charge is 0.135 e. The molecule has 230 valence electrons. The number of nitrogens with zero attached hydrogens (tertiary/aromatic N) is 4. The Morgan fingerprint density at radius 1 is 0.460 bits per heavy atom. The standard InChI is InChI=1S/C44H22N4OS/c45-23-25-9-14-38-32(19-25)29-5-1-3-7-36(29)47(38)27-11-16-40-33(21-27)34-22-28(12-17-41(34)49-40)48-37-8-4-2-6-31(37)43-39(48)15-13-30-35-20-26(24-46)10-18-42(35)50-44(30)43/h1-22H. The second-order valence-corrected chi connectivity index (χ2v) is 13.8. The number of rotatable bonds is 2. The number of fused-ring (bicyclic) bond motifs is 13. The monoisotopic (exact) mass is 654 g/mol. The van der Waals surface area contributed by atoms with E-state index < -0.39 is 0 Å². The maximum Gasteiger partial charge on any atom is 0.135 e. The van der Waals surface area contributed by atoms with Crippen molar-refractivity contribution >= 4 is 97.1 Å². The lowest BCUT2D eigenvalue weighted by molar-refractivity contribution is 0.669. The average molecular weight is 655 g/mol. The van der Waals surface area contributed by atoms with Crippen molar-refractivity contribution in [2.24, 2.45) is 0 Å². The van der Waals surface area contributed by atoms with E-state index in [9.17, 15) is 10.5 Å². The Hall–Kier alpha value is -6.86. The second-order valence-electron chi connectivity index (χ2n) is 12.8. The normalized spacial score (nSPS) is 12.0. The van der Waals surface area contributed by atoms with Crippen LogP contribution in [-0.4, -0.2) is 9.13 Å². The lowest BCUT2D eigenvalue weighted by atomic mass is 10.1. The molecule has 5 nitrogen and oxygen atoms in total. The Bertz CT molecular complexity index is 3360. The minimum Gasteiger partial charge on any atom is -0.456 e. The first-order chi connectivity index (χ1) is 24.7. The molecule has 0 amide bonds. The molecule has 0 spiro atoms. The number of thiophene rings is 1. The van der Waals surface area contributed by atoms with Gasteiger partial charge in [-0.2, -0.15) is 10.5 Å². The third kappa shape index (κ3) is 3.58. The summed E-state index contributed by atoms with van der Waals surface area (Å²) < 4.78 is 13.5. The van der Waals surface area contributed by atoms with Crippen LogP contribution in [0.2, 0.25) is 0 Å². The summed E-state index contributed by atoms with van der Waals surface area (Å²) in [6, 6.07) is 50.7. The minimum atomic E-state index is 0.649. The van der Waals surface area contributed by atoms with Gasteiger partial charge >= 0.3 is 0 Å². The quantitative estimate of drug-likeness (QED) is 0.186. The van der Waals surface area contributed by atoms with Gasteiger partial charge in [0.15, 0.2) is 0 Å². The lowest BCUT2D eigenvalue weighted by Gasteiger charge is -2.09. The van der Waals surface area contributed by atoms with E-state index in [4.69, 9.17) is 4.42 Å². The highest BCUT2D eigenvalue weighted by atomic mass is 32.1. The molecule has 0 N–H and O–H groups in total. The zero-order valence-electron chi connectivity index (χ0n) is 26.3. The summed E-state index contributed by atoms with van der Waals surface area (Å²) in [5, 5.41) is 28.2. The SMILES string of the molecule is N#Cc1ccc2sc3c(ccc4c3c3ccccc3n4-c3ccc4oc5ccc(-n6c7ccccc7c7cc(C#N)ccc76)cc5c4c3)c2c1. The van der Waals surface area contributed by atoms with Crippen molar-refractivity contribution in [1.82, 2.24) is 9.13 Å². The molecule has 0 radical (unpaired) electrons. The maximum absolute atomic E-state index is 9.61. The third-order valence-electron chi connectivity index (χ3n) is 10.2. The van der Waals surface area contributed by atoms with Gasteiger partial charge in [-0.3, -0.25) is 0 Å². The molecule has 0 saturated carbocycles. The van der Waals surface area contributed by atoms with Crippen LogP contribution in [-0.2, 0) is 0 Å². The molecule has 0 unspecified atom stereocenters. The number of para-hydroxylation sites is 2. The fourth-order valence-corrected chi connectivity index (χ4v) is 9.23. The van der Waals surface area contributed by atoms with Crippen molar-refractivity contribution < 1.29 is 4.42 Å². The topological polar surface area (TPSA) is 70.6 Å². The summed E-state index contributed by atoms with van der Waals surface area (Å²) in [6.45, 7) is 0. The molecule has 50 heavy (non-hydrogen) atoms. The first-order valence-electron chi connectivity index (χ1n) is 16.4. The van der Waals surface area contributed by atoms with E-state index >= 15 is 0 Å². The summed E-state index contributed by atoms with van der Waals surface area (Å²) in [7, 11) is 0. The predicted molar refractivity (Wildman–Crippen MR) is 205 cm³/mol. The van der Waals surface area contributed by atoms with Crippen LogP contribution in [0.15, 0.2) is 138 Å². The van der Waals surface area contributed by atoms with E-state index in [1.807, 2.05) is 36.4 Å². The van der Waals surface area contributed by atoms with Gasteiger partial charge in [0.2, 0.25) is 0 Å². The number of nitriles is 2. The molecule has 0 bridgehead atoms. The molecule has 6 heteroatoms. The Balaban J connectivity index is 1.16. The van der Waals surface area contributed by atoms with Gasteiger partial charge in [0.1, 0.15) is 11.2 Å². The highest BCUT2D eigenvalue weighted by Crippen LogP contribution is 2.44. The van der Waals surface area contributed by atoms with Gasteiger partial charge in [0.05, 0.1) is 45.3 Å². The van der Waals surface area contributed by atoms with Crippen LogP contribution in [0.1, 0.15) is 11.1 Å². The Labute approximate surface area is 288 Å². The van der Waals surface area contributed by atoms with Gasteiger partial charge in [-0.1, -0.05) is 42.5 Å². The second kappa shape index (κ2) is 9.84. The van der Waals surface area contributed by atoms with Gasteiger partial charge in [0.25, 0.3) is 0 Å². The number of aromatic nitrogens is 2. The summed E-state index contributed by atoms with van der Waals surface area (Å²) in [4.78, 5) is 0. The molecule has 11 rings (SSSR count). The van der Waals surface area contributed by atoms with Crippen LogP contribution in [0.4, 0.5) is 0 Å². The lowest BCUT2D eigenvalue weighted by Crippen LogP contribution is -1.94. The zero-order chi connectivity index (χ0) is 33.1. The molecule has 0 aliphatic rings. The molecule has 0 aliphatic heterocycles. The molecule has 0 aliphatic carbocycles. The molecular formula is C44H22N4OS. The number of hydrogen-bond acceptors (Lipinski definition) is 4. The molecule has 0 saturated heterocycles. The highest BCUT2D eigenvalue weighted by molar-refractivity contribution is 7.26. The summed E-state index contributed by atoms with van der Waals surface area (Å²) in [5.74, 6) is 0. The fourth-order valence-electron chi connectivity index (χ4n) is 7.99. The minimum absolute atomic E-state index is 0.649. The first-order valence-corrected chi connectivity index (χ1v) is 17.2. The molecule has 0 atom stereocenters. The number of furan rings is 1. The van der Waals surface area contributed by atoms with Crippen molar-refractivity contribution in [3.63, 3.8) is 0 Å². The van der Waals surface area contributed by atoms with Gasteiger partial charge in [-0.05, 0) is 91.0 Å². The van der Waals surface area contributed by atoms with Crippen molar-refractivity contribution in [3.05, 3.63) is 145 Å². The van der Waals surface area contributed by atoms with E-state index in [0.717, 1.165) is 71.5 Å². The molecule has 7 aromatic carbocycles. The van der Waals surface area contributed by atoms with E-state index in [0.29, 0.717) is 11.1 Å². The van der Waals surface area contributed by atoms with Gasteiger partial charge in [0, 0.05) is 63.9 Å². The molecule has 0 fully saturated rings. The predicted octanol–water partition coefficient (Wildman–Crippen LogP) is 11.9. The van der Waals surface area contributed by atoms with E-state index in [2.05, 4.69) is 118 Å². The largest absolute Gasteiger partial charge is 0.456 e. The third-order valence-corrected chi connectivity index (χ3v) is 11.4. The maximum atomic E-state index is 9.61. The van der Waals surface area contributed by atoms with E-state index in [1.54, 1.807) is 11.3 Å². The Kier molecular flexibility index (Phi) is 5.34. The summed E-state index contributed by atoms with van der Waals surface area (Å²) >= 11 is 1.79. The Morgan fingerprint density at radius 3 is 1.76 bits per heavy atom. The first kappa shape index (κ1) is 27.1. The van der Waals surface area contributed by atoms with E-state index in [-0.39, 0.29) is 0 Å². The van der Waals surface area contributed by atoms with Crippen LogP contribution >= 0.6 is 11.3 Å². The van der Waals surface area contributed by atoms with Crippen LogP contribution in [0, 0.1) is 22.7 Å². The summed E-state index contributed by atoms with van der Waals surface area (Å²) in [5.41, 5.74) is 9.51. The highest BCUT2D eigenvalue weighted by Gasteiger charge is 2.19. The Morgan fingerprint density at radius 2 is 1.04 bits per heavy atom. The molecular weight excluding hydrogens is 633 g/mol. The fraction of sp³-hybridized carbons (Fsp3) is 0. The van der Waals surface area contributed by atoms with Crippen molar-refractivity contribution in [2.75, 3.05) is 0 Å². The van der Waals surface area contributed by atoms with Gasteiger partial charge in [-0.25, -0.2) is 0 Å². The van der Waals surface area contributed by atoms with E-state index in [1.165, 1.54) is 25.6 Å². The van der Waals surface area contributed by atoms with Gasteiger partial charge < -0.3 is 13.6 Å². The van der Waals surface area contributed by atoms with Crippen LogP contribution < -0.4 is 0 Å².